The molecule has 1 rings (SSSR count). The van der Waals surface area contributed by atoms with Crippen molar-refractivity contribution in [3.63, 3.8) is 0 Å². The van der Waals surface area contributed by atoms with E-state index in [2.05, 4.69) is 63.1 Å². The summed E-state index contributed by atoms with van der Waals surface area (Å²) < 4.78 is 1.39. The summed E-state index contributed by atoms with van der Waals surface area (Å²) in [4.78, 5) is 2.18. The van der Waals surface area contributed by atoms with Crippen LogP contribution in [0.5, 0.6) is 0 Å². The van der Waals surface area contributed by atoms with Crippen LogP contribution in [0.4, 0.5) is 0 Å². The molecule has 61 valence electrons. The van der Waals surface area contributed by atoms with Gasteiger partial charge in [0.05, 0.1) is 0 Å². The van der Waals surface area contributed by atoms with Crippen LogP contribution in [0.3, 0.4) is 0 Å². The fraction of sp³-hybridized carbons (Fsp3) is 0.333. The zero-order valence-corrected chi connectivity index (χ0v) is 8.88. The van der Waals surface area contributed by atoms with Gasteiger partial charge in [-0.1, -0.05) is 0 Å². The Morgan fingerprint density at radius 3 is 2.33 bits per heavy atom. The molecule has 3 heteroatoms. The van der Waals surface area contributed by atoms with Crippen LogP contribution < -0.4 is 3.95 Å². The first-order chi connectivity index (χ1) is 5.20. The van der Waals surface area contributed by atoms with E-state index in [1.54, 1.807) is 0 Å². The number of hydrogen-bond donors (Lipinski definition) is 0. The van der Waals surface area contributed by atoms with E-state index >= 15 is 0 Å². The number of nitrogens with zero attached hydrogens (tertiary/aromatic N) is 1. The topological polar surface area (TPSA) is 3.24 Å². The van der Waals surface area contributed by atoms with E-state index in [0.29, 0.717) is 0 Å². The van der Waals surface area contributed by atoms with Crippen LogP contribution in [-0.4, -0.2) is 37.9 Å². The van der Waals surface area contributed by atoms with Crippen LogP contribution in [0.15, 0.2) is 24.3 Å². The van der Waals surface area contributed by atoms with Gasteiger partial charge in [-0.05, 0) is 0 Å². The van der Waals surface area contributed by atoms with E-state index in [0.717, 1.165) is 6.54 Å². The van der Waals surface area contributed by atoms with Gasteiger partial charge in [0.15, 0.2) is 0 Å². The maximum atomic E-state index is 2.18. The molecule has 0 fully saturated rings. The summed E-state index contributed by atoms with van der Waals surface area (Å²) in [6.45, 7) is 1.04. The Hall–Kier alpha value is 0.466. The van der Waals surface area contributed by atoms with Crippen LogP contribution >= 0.6 is 0 Å². The van der Waals surface area contributed by atoms with Crippen molar-refractivity contribution in [3.8, 4) is 0 Å². The maximum absolute atomic E-state index is 2.18. The monoisotopic (exact) mass is 240 g/mol. The summed E-state index contributed by atoms with van der Waals surface area (Å²) in [5.74, 6) is 0. The van der Waals surface area contributed by atoms with Gasteiger partial charge in [0.25, 0.3) is 0 Å². The van der Waals surface area contributed by atoms with Crippen LogP contribution in [0.1, 0.15) is 5.56 Å². The van der Waals surface area contributed by atoms with Crippen LogP contribution in [0, 0.1) is 0 Å². The second-order valence-corrected chi connectivity index (χ2v) is 3.93. The van der Waals surface area contributed by atoms with E-state index in [1.807, 2.05) is 0 Å². The average Bonchev–Trinajstić information content (AvgIpc) is 1.93. The molecule has 0 aliphatic rings. The van der Waals surface area contributed by atoms with Gasteiger partial charge in [0.2, 0.25) is 0 Å². The molecule has 0 N–H and O–H groups in total. The summed E-state index contributed by atoms with van der Waals surface area (Å²) in [7, 11) is 4.18. The van der Waals surface area contributed by atoms with Crippen molar-refractivity contribution >= 4 is 22.8 Å². The Morgan fingerprint density at radius 1 is 1.25 bits per heavy atom. The first kappa shape index (κ1) is 12.5. The zero-order chi connectivity index (χ0) is 8.27. The summed E-state index contributed by atoms with van der Waals surface area (Å²) in [6, 6.07) is 8.51. The third-order valence-electron chi connectivity index (χ3n) is 1.46. The third kappa shape index (κ3) is 3.92. The van der Waals surface area contributed by atoms with E-state index in [-0.39, 0.29) is 18.9 Å². The molecule has 1 nitrogen and oxygen atoms in total. The summed E-state index contributed by atoms with van der Waals surface area (Å²) >= 11 is 2.08. The van der Waals surface area contributed by atoms with Gasteiger partial charge in [-0.2, -0.15) is 0 Å². The Morgan fingerprint density at radius 2 is 1.83 bits per heavy atom. The van der Waals surface area contributed by atoms with Crippen molar-refractivity contribution < 1.29 is 19.8 Å². The number of rotatable bonds is 2. The van der Waals surface area contributed by atoms with Crippen molar-refractivity contribution in [2.45, 2.75) is 6.54 Å². The Bertz CT molecular complexity index is 238. The fourth-order valence-electron chi connectivity index (χ4n) is 0.975. The normalized spacial score (nSPS) is 9.58. The van der Waals surface area contributed by atoms with Gasteiger partial charge >= 0.3 is 98.0 Å². The van der Waals surface area contributed by atoms with E-state index < -0.39 is 0 Å². The van der Waals surface area contributed by atoms with Crippen molar-refractivity contribution in [3.05, 3.63) is 29.8 Å². The van der Waals surface area contributed by atoms with E-state index in [9.17, 15) is 0 Å². The second kappa shape index (κ2) is 6.00. The summed E-state index contributed by atoms with van der Waals surface area (Å²) in [5, 5.41) is 0. The molecule has 1 aromatic rings. The molecule has 0 bridgehead atoms. The van der Waals surface area contributed by atoms with Crippen LogP contribution in [0.25, 0.3) is 0 Å². The zero-order valence-electron chi connectivity index (χ0n) is 6.87. The first-order valence-corrected chi connectivity index (χ1v) is 4.60. The molecule has 0 spiro atoms. The van der Waals surface area contributed by atoms with Gasteiger partial charge in [0, 0.05) is 0 Å². The molecule has 0 aromatic heterocycles. The second-order valence-electron chi connectivity index (χ2n) is 2.85. The molecule has 0 aliphatic carbocycles. The predicted molar refractivity (Wildman–Crippen MR) is 50.6 cm³/mol. The Kier molecular flexibility index (Phi) is 6.23. The average molecular weight is 238 g/mol. The predicted octanol–water partition coefficient (Wildman–Crippen LogP) is 0.272. The minimum atomic E-state index is 0. The summed E-state index contributed by atoms with van der Waals surface area (Å²) in [6.07, 6.45) is 0. The van der Waals surface area contributed by atoms with Gasteiger partial charge in [-0.15, -0.1) is 0 Å². The molecule has 0 radical (unpaired) electrons. The molecular formula is C9H13LiMoN. The quantitative estimate of drug-likeness (QED) is 0.668. The number of hydrogen-bond acceptors (Lipinski definition) is 1. The van der Waals surface area contributed by atoms with Crippen molar-refractivity contribution in [1.82, 2.24) is 4.90 Å². The fourth-order valence-corrected chi connectivity index (χ4v) is 1.49. The molecule has 0 heterocycles. The van der Waals surface area contributed by atoms with Gasteiger partial charge < -0.3 is 0 Å². The SMILES string of the molecule is CN(C)Cc1cccc[c]1[Mo].[LiH]. The number of benzene rings is 1. The Labute approximate surface area is 97.6 Å². The molecule has 0 atom stereocenters. The van der Waals surface area contributed by atoms with Gasteiger partial charge in [-0.25, -0.2) is 0 Å². The van der Waals surface area contributed by atoms with Crippen LogP contribution in [-0.2, 0) is 26.4 Å². The molecule has 0 unspecified atom stereocenters. The molecule has 12 heavy (non-hydrogen) atoms. The standard InChI is InChI=1S/C9H12N.Li.Mo.H/c1-10(2)8-9-6-4-3-5-7-9;;;/h3-6H,8H2,1-2H3;;;. The minimum absolute atomic E-state index is 0. The molecule has 0 amide bonds. The third-order valence-corrected chi connectivity index (χ3v) is 2.44. The van der Waals surface area contributed by atoms with Gasteiger partial charge in [0.1, 0.15) is 0 Å². The molecule has 0 aliphatic heterocycles. The molecule has 0 saturated carbocycles. The summed E-state index contributed by atoms with van der Waals surface area (Å²) in [5.41, 5.74) is 1.42. The van der Waals surface area contributed by atoms with E-state index in [1.165, 1.54) is 9.52 Å². The Balaban J connectivity index is 0.00000121. The van der Waals surface area contributed by atoms with E-state index in [4.69, 9.17) is 0 Å². The van der Waals surface area contributed by atoms with Crippen molar-refractivity contribution in [1.29, 1.82) is 0 Å². The molecule has 1 aromatic carbocycles. The van der Waals surface area contributed by atoms with Crippen molar-refractivity contribution in [2.24, 2.45) is 0 Å². The van der Waals surface area contributed by atoms with Crippen molar-refractivity contribution in [2.75, 3.05) is 14.1 Å². The molecule has 0 saturated heterocycles. The molecular weight excluding hydrogens is 225 g/mol. The first-order valence-electron chi connectivity index (χ1n) is 3.60. The van der Waals surface area contributed by atoms with Crippen LogP contribution in [0.2, 0.25) is 0 Å². The van der Waals surface area contributed by atoms with Gasteiger partial charge in [-0.3, -0.25) is 0 Å².